The Kier molecular flexibility index (Phi) is 3.66. The number of nitrogens with zero attached hydrogens (tertiary/aromatic N) is 4. The summed E-state index contributed by atoms with van der Waals surface area (Å²) in [4.78, 5) is 8.13. The van der Waals surface area contributed by atoms with Crippen LogP contribution in [0.3, 0.4) is 0 Å². The third kappa shape index (κ3) is 2.89. The van der Waals surface area contributed by atoms with Crippen LogP contribution in [-0.4, -0.2) is 9.97 Å². The number of halogens is 1. The van der Waals surface area contributed by atoms with E-state index in [1.807, 2.05) is 38.1 Å². The Labute approximate surface area is 113 Å². The van der Waals surface area contributed by atoms with Gasteiger partial charge in [0, 0.05) is 4.47 Å². The maximum Gasteiger partial charge on any atom is 0.220 e. The Bertz CT molecular complexity index is 569. The molecule has 0 aliphatic carbocycles. The van der Waals surface area contributed by atoms with Crippen molar-refractivity contribution < 1.29 is 0 Å². The van der Waals surface area contributed by atoms with Gasteiger partial charge >= 0.3 is 0 Å². The second-order valence-electron chi connectivity index (χ2n) is 3.78. The van der Waals surface area contributed by atoms with E-state index in [1.54, 1.807) is 0 Å². The predicted octanol–water partition coefficient (Wildman–Crippen LogP) is 3.85. The largest absolute Gasteiger partial charge is 0.368 e. The van der Waals surface area contributed by atoms with Crippen LogP contribution in [0.15, 0.2) is 39.0 Å². The monoisotopic (exact) mass is 305 g/mol. The second kappa shape index (κ2) is 5.22. The van der Waals surface area contributed by atoms with Crippen molar-refractivity contribution in [2.24, 2.45) is 10.2 Å². The number of nitrogens with two attached hydrogens (primary N) is 1. The predicted molar refractivity (Wildman–Crippen MR) is 74.2 cm³/mol. The molecule has 1 heterocycles. The molecule has 0 fully saturated rings. The summed E-state index contributed by atoms with van der Waals surface area (Å²) in [5.74, 6) is 0.257. The van der Waals surface area contributed by atoms with Gasteiger partial charge in [-0.1, -0.05) is 15.9 Å². The number of benzene rings is 1. The molecular formula is C12H12BrN5. The van der Waals surface area contributed by atoms with Gasteiger partial charge in [0.05, 0.1) is 17.1 Å². The average Bonchev–Trinajstić information content (AvgIpc) is 2.30. The molecule has 5 nitrogen and oxygen atoms in total. The fourth-order valence-electron chi connectivity index (χ4n) is 1.50. The molecule has 0 saturated carbocycles. The number of aromatic nitrogens is 2. The van der Waals surface area contributed by atoms with E-state index in [9.17, 15) is 0 Å². The van der Waals surface area contributed by atoms with Gasteiger partial charge in [0.25, 0.3) is 0 Å². The lowest BCUT2D eigenvalue weighted by Gasteiger charge is -2.02. The molecule has 1 aromatic carbocycles. The molecule has 1 aromatic heterocycles. The molecule has 6 heteroatoms. The third-order valence-electron chi connectivity index (χ3n) is 2.34. The van der Waals surface area contributed by atoms with Crippen LogP contribution < -0.4 is 5.73 Å². The zero-order valence-electron chi connectivity index (χ0n) is 10.1. The first kappa shape index (κ1) is 12.6. The molecule has 0 amide bonds. The van der Waals surface area contributed by atoms with Gasteiger partial charge in [0.2, 0.25) is 5.95 Å². The minimum Gasteiger partial charge on any atom is -0.368 e. The lowest BCUT2D eigenvalue weighted by atomic mass is 10.3. The molecule has 0 atom stereocenters. The molecule has 0 unspecified atom stereocenters. The highest BCUT2D eigenvalue weighted by atomic mass is 79.9. The van der Waals surface area contributed by atoms with Gasteiger partial charge in [0.1, 0.15) is 5.69 Å². The van der Waals surface area contributed by atoms with Gasteiger partial charge in [-0.05, 0) is 38.1 Å². The van der Waals surface area contributed by atoms with Crippen LogP contribution in [0.25, 0.3) is 0 Å². The molecule has 0 aliphatic rings. The van der Waals surface area contributed by atoms with Crippen molar-refractivity contribution >= 4 is 33.3 Å². The molecule has 0 spiro atoms. The van der Waals surface area contributed by atoms with Crippen LogP contribution in [0.4, 0.5) is 17.3 Å². The molecule has 2 N–H and O–H groups in total. The zero-order chi connectivity index (χ0) is 13.1. The Hall–Kier alpha value is -1.82. The molecule has 0 bridgehead atoms. The SMILES string of the molecule is Cc1nc(N)nc(C)c1N=Nc1ccc(Br)cc1. The first-order valence-corrected chi connectivity index (χ1v) is 6.13. The van der Waals surface area contributed by atoms with E-state index < -0.39 is 0 Å². The van der Waals surface area contributed by atoms with E-state index >= 15 is 0 Å². The summed E-state index contributed by atoms with van der Waals surface area (Å²) in [5.41, 5.74) is 8.43. The standard InChI is InChI=1S/C12H12BrN5/c1-7-11(8(2)16-12(14)15-7)18-17-10-5-3-9(13)4-6-10/h3-6H,1-2H3,(H2,14,15,16). The van der Waals surface area contributed by atoms with Crippen LogP contribution in [0, 0.1) is 13.8 Å². The summed E-state index contributed by atoms with van der Waals surface area (Å²) in [5, 5.41) is 8.33. The molecule has 0 aliphatic heterocycles. The van der Waals surface area contributed by atoms with E-state index in [-0.39, 0.29) is 5.95 Å². The van der Waals surface area contributed by atoms with Crippen molar-refractivity contribution in [3.05, 3.63) is 40.1 Å². The minimum atomic E-state index is 0.257. The zero-order valence-corrected chi connectivity index (χ0v) is 11.6. The molecule has 2 aromatic rings. The van der Waals surface area contributed by atoms with Crippen LogP contribution in [0.1, 0.15) is 11.4 Å². The smallest absolute Gasteiger partial charge is 0.220 e. The summed E-state index contributed by atoms with van der Waals surface area (Å²) >= 11 is 3.37. The molecule has 2 rings (SSSR count). The highest BCUT2D eigenvalue weighted by Crippen LogP contribution is 2.24. The van der Waals surface area contributed by atoms with Gasteiger partial charge < -0.3 is 5.73 Å². The van der Waals surface area contributed by atoms with Crippen LogP contribution in [-0.2, 0) is 0 Å². The van der Waals surface area contributed by atoms with E-state index in [4.69, 9.17) is 5.73 Å². The first-order valence-electron chi connectivity index (χ1n) is 5.34. The Morgan fingerprint density at radius 1 is 1.00 bits per heavy atom. The van der Waals surface area contributed by atoms with Crippen LogP contribution in [0.2, 0.25) is 0 Å². The highest BCUT2D eigenvalue weighted by molar-refractivity contribution is 9.10. The molecule has 0 radical (unpaired) electrons. The molecular weight excluding hydrogens is 294 g/mol. The fourth-order valence-corrected chi connectivity index (χ4v) is 1.76. The van der Waals surface area contributed by atoms with Gasteiger partial charge in [-0.25, -0.2) is 9.97 Å². The topological polar surface area (TPSA) is 76.5 Å². The Balaban J connectivity index is 2.31. The first-order chi connectivity index (χ1) is 8.56. The van der Waals surface area contributed by atoms with E-state index in [0.717, 1.165) is 21.5 Å². The van der Waals surface area contributed by atoms with Crippen LogP contribution >= 0.6 is 15.9 Å². The van der Waals surface area contributed by atoms with Crippen molar-refractivity contribution in [3.63, 3.8) is 0 Å². The number of azo groups is 1. The fraction of sp³-hybridized carbons (Fsp3) is 0.167. The van der Waals surface area contributed by atoms with E-state index in [1.165, 1.54) is 0 Å². The minimum absolute atomic E-state index is 0.257. The number of anilines is 1. The highest BCUT2D eigenvalue weighted by Gasteiger charge is 2.05. The summed E-state index contributed by atoms with van der Waals surface area (Å²) < 4.78 is 1.00. The summed E-state index contributed by atoms with van der Waals surface area (Å²) in [6.45, 7) is 3.67. The lowest BCUT2D eigenvalue weighted by Crippen LogP contribution is -1.98. The number of aryl methyl sites for hydroxylation is 2. The van der Waals surface area contributed by atoms with Crippen molar-refractivity contribution in [1.29, 1.82) is 0 Å². The lowest BCUT2D eigenvalue weighted by molar-refractivity contribution is 1.04. The van der Waals surface area contributed by atoms with Crippen LogP contribution in [0.5, 0.6) is 0 Å². The van der Waals surface area contributed by atoms with Gasteiger partial charge in [-0.3, -0.25) is 0 Å². The Morgan fingerprint density at radius 3 is 2.11 bits per heavy atom. The average molecular weight is 306 g/mol. The number of rotatable bonds is 2. The number of hydrogen-bond acceptors (Lipinski definition) is 5. The number of nitrogen functional groups attached to an aromatic ring is 1. The van der Waals surface area contributed by atoms with Crippen molar-refractivity contribution in [3.8, 4) is 0 Å². The third-order valence-corrected chi connectivity index (χ3v) is 2.87. The second-order valence-corrected chi connectivity index (χ2v) is 4.69. The van der Waals surface area contributed by atoms with Gasteiger partial charge in [-0.2, -0.15) is 5.11 Å². The maximum atomic E-state index is 5.55. The van der Waals surface area contributed by atoms with E-state index in [2.05, 4.69) is 36.1 Å². The molecule has 92 valence electrons. The van der Waals surface area contributed by atoms with Gasteiger partial charge in [0.15, 0.2) is 0 Å². The molecule has 0 saturated heterocycles. The number of hydrogen-bond donors (Lipinski definition) is 1. The Morgan fingerprint density at radius 2 is 1.56 bits per heavy atom. The van der Waals surface area contributed by atoms with Crippen molar-refractivity contribution in [1.82, 2.24) is 9.97 Å². The maximum absolute atomic E-state index is 5.55. The summed E-state index contributed by atoms with van der Waals surface area (Å²) in [7, 11) is 0. The summed E-state index contributed by atoms with van der Waals surface area (Å²) in [6, 6.07) is 7.56. The quantitative estimate of drug-likeness (QED) is 0.856. The van der Waals surface area contributed by atoms with Crippen molar-refractivity contribution in [2.45, 2.75) is 13.8 Å². The normalized spacial score (nSPS) is 11.1. The van der Waals surface area contributed by atoms with Gasteiger partial charge in [-0.15, -0.1) is 5.11 Å². The van der Waals surface area contributed by atoms with Crippen molar-refractivity contribution in [2.75, 3.05) is 5.73 Å². The van der Waals surface area contributed by atoms with E-state index in [0.29, 0.717) is 5.69 Å². The summed E-state index contributed by atoms with van der Waals surface area (Å²) in [6.07, 6.45) is 0. The molecule has 18 heavy (non-hydrogen) atoms.